The number of benzene rings is 1. The van der Waals surface area contributed by atoms with Crippen molar-refractivity contribution < 1.29 is 13.2 Å². The highest BCUT2D eigenvalue weighted by molar-refractivity contribution is 7.80. The first-order chi connectivity index (χ1) is 8.99. The van der Waals surface area contributed by atoms with Crippen LogP contribution in [0.25, 0.3) is 0 Å². The van der Waals surface area contributed by atoms with Gasteiger partial charge in [0.05, 0.1) is 0 Å². The molecule has 0 aliphatic heterocycles. The number of nitrogens with one attached hydrogen (secondary N) is 1. The molecule has 98 valence electrons. The summed E-state index contributed by atoms with van der Waals surface area (Å²) in [6.07, 6.45) is 2.63. The minimum absolute atomic E-state index is 0.0144. The van der Waals surface area contributed by atoms with Crippen LogP contribution >= 0.6 is 12.2 Å². The van der Waals surface area contributed by atoms with E-state index in [2.05, 4.69) is 15.3 Å². The molecule has 0 spiro atoms. The molecule has 0 atom stereocenters. The van der Waals surface area contributed by atoms with E-state index in [0.717, 1.165) is 0 Å². The quantitative estimate of drug-likeness (QED) is 0.847. The SMILES string of the molecule is NC(=S)c1nccnc1Nc1c(F)cc(F)cc1F. The van der Waals surface area contributed by atoms with Crippen molar-refractivity contribution in [3.63, 3.8) is 0 Å². The van der Waals surface area contributed by atoms with E-state index in [4.69, 9.17) is 18.0 Å². The molecular weight excluding hydrogens is 277 g/mol. The van der Waals surface area contributed by atoms with E-state index in [1.165, 1.54) is 12.4 Å². The lowest BCUT2D eigenvalue weighted by Gasteiger charge is -2.10. The third-order valence-corrected chi connectivity index (χ3v) is 2.38. The highest BCUT2D eigenvalue weighted by Gasteiger charge is 2.15. The molecule has 0 bridgehead atoms. The summed E-state index contributed by atoms with van der Waals surface area (Å²) in [7, 11) is 0. The van der Waals surface area contributed by atoms with Crippen molar-refractivity contribution in [1.82, 2.24) is 9.97 Å². The zero-order chi connectivity index (χ0) is 14.0. The lowest BCUT2D eigenvalue weighted by molar-refractivity contribution is 0.548. The number of aromatic nitrogens is 2. The molecule has 19 heavy (non-hydrogen) atoms. The number of thiocarbonyl (C=S) groups is 1. The van der Waals surface area contributed by atoms with Gasteiger partial charge in [0.1, 0.15) is 22.2 Å². The number of rotatable bonds is 3. The lowest BCUT2D eigenvalue weighted by atomic mass is 10.2. The highest BCUT2D eigenvalue weighted by Crippen LogP contribution is 2.24. The van der Waals surface area contributed by atoms with Crippen LogP contribution in [0, 0.1) is 17.5 Å². The monoisotopic (exact) mass is 284 g/mol. The standard InChI is InChI=1S/C11H7F3N4S/c12-5-3-6(13)8(7(14)4-5)18-11-9(10(15)19)16-1-2-17-11/h1-4H,(H2,15,19)(H,17,18). The molecule has 0 saturated heterocycles. The Hall–Kier alpha value is -2.22. The first-order valence-corrected chi connectivity index (χ1v) is 5.42. The molecule has 0 saturated carbocycles. The molecule has 2 aromatic rings. The zero-order valence-electron chi connectivity index (χ0n) is 9.32. The summed E-state index contributed by atoms with van der Waals surface area (Å²) in [6, 6.07) is 1.09. The summed E-state index contributed by atoms with van der Waals surface area (Å²) in [6.45, 7) is 0. The molecule has 3 N–H and O–H groups in total. The second-order valence-corrected chi connectivity index (χ2v) is 3.93. The Kier molecular flexibility index (Phi) is 3.61. The van der Waals surface area contributed by atoms with E-state index < -0.39 is 23.1 Å². The number of hydrogen-bond acceptors (Lipinski definition) is 4. The third-order valence-electron chi connectivity index (χ3n) is 2.18. The van der Waals surface area contributed by atoms with Gasteiger partial charge in [-0.2, -0.15) is 0 Å². The van der Waals surface area contributed by atoms with Crippen LogP contribution in [0.2, 0.25) is 0 Å². The van der Waals surface area contributed by atoms with E-state index >= 15 is 0 Å². The van der Waals surface area contributed by atoms with Crippen molar-refractivity contribution in [1.29, 1.82) is 0 Å². The fourth-order valence-electron chi connectivity index (χ4n) is 1.39. The maximum absolute atomic E-state index is 13.5. The molecule has 0 fully saturated rings. The predicted octanol–water partition coefficient (Wildman–Crippen LogP) is 2.27. The molecule has 1 heterocycles. The molecule has 0 aliphatic rings. The van der Waals surface area contributed by atoms with Crippen LogP contribution in [0.15, 0.2) is 24.5 Å². The van der Waals surface area contributed by atoms with Gasteiger partial charge < -0.3 is 11.1 Å². The van der Waals surface area contributed by atoms with Gasteiger partial charge in [0.25, 0.3) is 0 Å². The van der Waals surface area contributed by atoms with Crippen LogP contribution in [-0.4, -0.2) is 15.0 Å². The fourth-order valence-corrected chi connectivity index (χ4v) is 1.54. The number of nitrogens with two attached hydrogens (primary N) is 1. The van der Waals surface area contributed by atoms with E-state index in [1.807, 2.05) is 0 Å². The van der Waals surface area contributed by atoms with Crippen LogP contribution in [0.1, 0.15) is 5.69 Å². The van der Waals surface area contributed by atoms with Gasteiger partial charge in [-0.25, -0.2) is 23.1 Å². The smallest absolute Gasteiger partial charge is 0.159 e. The molecule has 1 aromatic carbocycles. The number of anilines is 2. The Morgan fingerprint density at radius 2 is 1.68 bits per heavy atom. The van der Waals surface area contributed by atoms with Crippen LogP contribution in [0.5, 0.6) is 0 Å². The number of nitrogens with zero attached hydrogens (tertiary/aromatic N) is 2. The van der Waals surface area contributed by atoms with Gasteiger partial charge in [0.2, 0.25) is 0 Å². The Bertz CT molecular complexity index is 625. The topological polar surface area (TPSA) is 63.8 Å². The van der Waals surface area contributed by atoms with E-state index in [-0.39, 0.29) is 16.5 Å². The Morgan fingerprint density at radius 3 is 2.26 bits per heavy atom. The van der Waals surface area contributed by atoms with Crippen LogP contribution < -0.4 is 11.1 Å². The minimum atomic E-state index is -1.10. The summed E-state index contributed by atoms with van der Waals surface area (Å²) >= 11 is 4.74. The molecular formula is C11H7F3N4S. The molecule has 0 radical (unpaired) electrons. The number of halogens is 3. The molecule has 0 unspecified atom stereocenters. The maximum atomic E-state index is 13.5. The Labute approximate surface area is 111 Å². The second kappa shape index (κ2) is 5.19. The summed E-state index contributed by atoms with van der Waals surface area (Å²) in [5.74, 6) is -3.23. The van der Waals surface area contributed by atoms with Crippen LogP contribution in [0.3, 0.4) is 0 Å². The van der Waals surface area contributed by atoms with Crippen molar-refractivity contribution >= 4 is 28.7 Å². The average molecular weight is 284 g/mol. The summed E-state index contributed by atoms with van der Waals surface area (Å²) in [4.78, 5) is 7.59. The van der Waals surface area contributed by atoms with Crippen molar-refractivity contribution in [2.24, 2.45) is 5.73 Å². The Balaban J connectivity index is 2.45. The van der Waals surface area contributed by atoms with Gasteiger partial charge >= 0.3 is 0 Å². The van der Waals surface area contributed by atoms with Gasteiger partial charge in [-0.3, -0.25) is 0 Å². The maximum Gasteiger partial charge on any atom is 0.159 e. The highest BCUT2D eigenvalue weighted by atomic mass is 32.1. The third kappa shape index (κ3) is 2.79. The molecule has 8 heteroatoms. The number of hydrogen-bond donors (Lipinski definition) is 2. The average Bonchev–Trinajstić information content (AvgIpc) is 2.34. The molecule has 4 nitrogen and oxygen atoms in total. The summed E-state index contributed by atoms with van der Waals surface area (Å²) in [5, 5.41) is 2.36. The largest absolute Gasteiger partial charge is 0.388 e. The zero-order valence-corrected chi connectivity index (χ0v) is 10.1. The lowest BCUT2D eigenvalue weighted by Crippen LogP contribution is -2.15. The van der Waals surface area contributed by atoms with Gasteiger partial charge in [-0.1, -0.05) is 12.2 Å². The van der Waals surface area contributed by atoms with E-state index in [0.29, 0.717) is 12.1 Å². The summed E-state index contributed by atoms with van der Waals surface area (Å²) < 4.78 is 39.7. The minimum Gasteiger partial charge on any atom is -0.388 e. The van der Waals surface area contributed by atoms with Crippen molar-refractivity contribution in [2.75, 3.05) is 5.32 Å². The van der Waals surface area contributed by atoms with Crippen LogP contribution in [0.4, 0.5) is 24.7 Å². The van der Waals surface area contributed by atoms with Crippen molar-refractivity contribution in [3.8, 4) is 0 Å². The molecule has 0 amide bonds. The molecule has 1 aromatic heterocycles. The first kappa shape index (κ1) is 13.2. The second-order valence-electron chi connectivity index (χ2n) is 3.49. The van der Waals surface area contributed by atoms with Gasteiger partial charge in [-0.15, -0.1) is 0 Å². The van der Waals surface area contributed by atoms with Gasteiger partial charge in [-0.05, 0) is 0 Å². The molecule has 2 rings (SSSR count). The van der Waals surface area contributed by atoms with Crippen molar-refractivity contribution in [2.45, 2.75) is 0 Å². The summed E-state index contributed by atoms with van der Waals surface area (Å²) in [5.41, 5.74) is 4.94. The van der Waals surface area contributed by atoms with Gasteiger partial charge in [0.15, 0.2) is 17.5 Å². The van der Waals surface area contributed by atoms with E-state index in [1.54, 1.807) is 0 Å². The first-order valence-electron chi connectivity index (χ1n) is 5.01. The molecule has 0 aliphatic carbocycles. The van der Waals surface area contributed by atoms with E-state index in [9.17, 15) is 13.2 Å². The predicted molar refractivity (Wildman–Crippen MR) is 67.5 cm³/mol. The van der Waals surface area contributed by atoms with Crippen molar-refractivity contribution in [3.05, 3.63) is 47.7 Å². The fraction of sp³-hybridized carbons (Fsp3) is 0. The normalized spacial score (nSPS) is 10.3. The van der Waals surface area contributed by atoms with Crippen LogP contribution in [-0.2, 0) is 0 Å². The Morgan fingerprint density at radius 1 is 1.11 bits per heavy atom. The van der Waals surface area contributed by atoms with Gasteiger partial charge in [0, 0.05) is 24.5 Å².